The van der Waals surface area contributed by atoms with E-state index < -0.39 is 23.1 Å². The molecule has 5 heteroatoms. The zero-order chi connectivity index (χ0) is 13.0. The predicted molar refractivity (Wildman–Crippen MR) is 59.5 cm³/mol. The topological polar surface area (TPSA) is 64.6 Å². The number of carbonyl (C=O) groups is 2. The van der Waals surface area contributed by atoms with Crippen molar-refractivity contribution in [3.05, 3.63) is 0 Å². The fourth-order valence-electron chi connectivity index (χ4n) is 0.669. The molecule has 0 aromatic carbocycles. The molecule has 0 heterocycles. The predicted octanol–water partition coefficient (Wildman–Crippen LogP) is 2.41. The van der Waals surface area contributed by atoms with Gasteiger partial charge in [-0.3, -0.25) is 0 Å². The molecule has 0 aliphatic carbocycles. The largest absolute Gasteiger partial charge is 0.442 e. The summed E-state index contributed by atoms with van der Waals surface area (Å²) >= 11 is 0. The molecule has 0 aliphatic rings. The maximum absolute atomic E-state index is 11.5. The van der Waals surface area contributed by atoms with Gasteiger partial charge in [0.15, 0.2) is 0 Å². The van der Waals surface area contributed by atoms with E-state index in [1.807, 2.05) is 12.4 Å². The van der Waals surface area contributed by atoms with Crippen LogP contribution < -0.4 is 5.48 Å². The maximum atomic E-state index is 11.5. The summed E-state index contributed by atoms with van der Waals surface area (Å²) in [5.41, 5.74) is 0.738. The Bertz CT molecular complexity index is 266. The van der Waals surface area contributed by atoms with Crippen molar-refractivity contribution in [3.8, 4) is 0 Å². The Morgan fingerprint density at radius 1 is 1.12 bits per heavy atom. The van der Waals surface area contributed by atoms with Gasteiger partial charge in [0, 0.05) is 0 Å². The van der Waals surface area contributed by atoms with Gasteiger partial charge < -0.3 is 9.57 Å². The Hall–Kier alpha value is -1.26. The second kappa shape index (κ2) is 5.18. The van der Waals surface area contributed by atoms with E-state index in [-0.39, 0.29) is 0 Å². The molecule has 0 unspecified atom stereocenters. The molecule has 0 rings (SSSR count). The molecule has 0 aromatic heterocycles. The lowest BCUT2D eigenvalue weighted by Crippen LogP contribution is -2.37. The van der Waals surface area contributed by atoms with Crippen molar-refractivity contribution in [1.29, 1.82) is 0 Å². The zero-order valence-electron chi connectivity index (χ0n) is 10.8. The Morgan fingerprint density at radius 3 is 2.00 bits per heavy atom. The molecule has 16 heavy (non-hydrogen) atoms. The first-order chi connectivity index (χ1) is 7.08. The third kappa shape index (κ3) is 5.58. The highest BCUT2D eigenvalue weighted by molar-refractivity contribution is 5.77. The third-order valence-corrected chi connectivity index (χ3v) is 2.06. The van der Waals surface area contributed by atoms with E-state index >= 15 is 0 Å². The van der Waals surface area contributed by atoms with Gasteiger partial charge in [0.2, 0.25) is 0 Å². The minimum absolute atomic E-state index is 0.485. The fraction of sp³-hybridized carbons (Fsp3) is 0.818. The highest BCUT2D eigenvalue weighted by Gasteiger charge is 2.28. The second-order valence-corrected chi connectivity index (χ2v) is 5.23. The summed E-state index contributed by atoms with van der Waals surface area (Å²) in [5, 5.41) is 0. The van der Waals surface area contributed by atoms with E-state index in [4.69, 9.17) is 4.74 Å². The molecular weight excluding hydrogens is 210 g/mol. The van der Waals surface area contributed by atoms with Crippen molar-refractivity contribution in [2.75, 3.05) is 0 Å². The smallest absolute Gasteiger partial charge is 0.441 e. The van der Waals surface area contributed by atoms with Crippen LogP contribution >= 0.6 is 0 Å². The molecule has 5 nitrogen and oxygen atoms in total. The van der Waals surface area contributed by atoms with E-state index in [2.05, 4.69) is 4.84 Å². The number of ether oxygens (including phenoxy) is 1. The van der Waals surface area contributed by atoms with Crippen LogP contribution in [0.2, 0.25) is 0 Å². The van der Waals surface area contributed by atoms with Gasteiger partial charge in [-0.05, 0) is 41.0 Å². The highest BCUT2D eigenvalue weighted by atomic mass is 16.7. The highest BCUT2D eigenvalue weighted by Crippen LogP contribution is 2.20. The lowest BCUT2D eigenvalue weighted by molar-refractivity contribution is -0.161. The molecule has 0 saturated heterocycles. The van der Waals surface area contributed by atoms with Crippen LogP contribution in [0.4, 0.5) is 4.79 Å². The van der Waals surface area contributed by atoms with E-state index in [9.17, 15) is 9.59 Å². The SMILES string of the molecule is CCC(C)(C)C(=O)ONC(=O)OC(C)(C)C. The van der Waals surface area contributed by atoms with Gasteiger partial charge >= 0.3 is 12.1 Å². The Kier molecular flexibility index (Phi) is 4.78. The van der Waals surface area contributed by atoms with Gasteiger partial charge in [0.05, 0.1) is 5.41 Å². The van der Waals surface area contributed by atoms with Gasteiger partial charge in [0.25, 0.3) is 0 Å². The van der Waals surface area contributed by atoms with E-state index in [1.165, 1.54) is 0 Å². The molecule has 0 aliphatic heterocycles. The van der Waals surface area contributed by atoms with Crippen molar-refractivity contribution in [3.63, 3.8) is 0 Å². The molecular formula is C11H21NO4. The van der Waals surface area contributed by atoms with E-state index in [1.54, 1.807) is 34.6 Å². The Morgan fingerprint density at radius 2 is 1.62 bits per heavy atom. The fourth-order valence-corrected chi connectivity index (χ4v) is 0.669. The molecule has 0 atom stereocenters. The summed E-state index contributed by atoms with van der Waals surface area (Å²) in [7, 11) is 0. The number of nitrogens with one attached hydrogen (secondary N) is 1. The first-order valence-electron chi connectivity index (χ1n) is 5.29. The van der Waals surface area contributed by atoms with Gasteiger partial charge in [-0.2, -0.15) is 0 Å². The maximum Gasteiger partial charge on any atom is 0.441 e. The number of hydrogen-bond donors (Lipinski definition) is 1. The number of carbonyl (C=O) groups excluding carboxylic acids is 2. The molecule has 0 saturated carbocycles. The van der Waals surface area contributed by atoms with Crippen LogP contribution in [0.5, 0.6) is 0 Å². The molecule has 1 amide bonds. The number of amides is 1. The number of rotatable bonds is 2. The van der Waals surface area contributed by atoms with Crippen LogP contribution in [0.15, 0.2) is 0 Å². The molecule has 0 aromatic rings. The molecule has 0 spiro atoms. The Labute approximate surface area is 96.4 Å². The first-order valence-corrected chi connectivity index (χ1v) is 5.29. The number of hydroxylamine groups is 1. The van der Waals surface area contributed by atoms with Gasteiger partial charge in [-0.15, -0.1) is 5.48 Å². The van der Waals surface area contributed by atoms with Crippen LogP contribution in [-0.2, 0) is 14.4 Å². The monoisotopic (exact) mass is 231 g/mol. The van der Waals surface area contributed by atoms with E-state index in [0.29, 0.717) is 6.42 Å². The van der Waals surface area contributed by atoms with Crippen molar-refractivity contribution in [2.24, 2.45) is 5.41 Å². The Balaban J connectivity index is 4.08. The average Bonchev–Trinajstić information content (AvgIpc) is 2.11. The third-order valence-electron chi connectivity index (χ3n) is 2.06. The van der Waals surface area contributed by atoms with E-state index in [0.717, 1.165) is 0 Å². The van der Waals surface area contributed by atoms with Crippen LogP contribution in [0.25, 0.3) is 0 Å². The van der Waals surface area contributed by atoms with Crippen molar-refractivity contribution >= 4 is 12.1 Å². The van der Waals surface area contributed by atoms with Gasteiger partial charge in [-0.25, -0.2) is 9.59 Å². The summed E-state index contributed by atoms with van der Waals surface area (Å²) in [6, 6.07) is 0. The first kappa shape index (κ1) is 14.7. The summed E-state index contributed by atoms with van der Waals surface area (Å²) in [4.78, 5) is 27.3. The van der Waals surface area contributed by atoms with Gasteiger partial charge in [0.1, 0.15) is 5.60 Å². The van der Waals surface area contributed by atoms with Crippen LogP contribution in [0.1, 0.15) is 48.0 Å². The summed E-state index contributed by atoms with van der Waals surface area (Å²) in [5.74, 6) is -0.485. The van der Waals surface area contributed by atoms with Crippen molar-refractivity contribution < 1.29 is 19.2 Å². The lowest BCUT2D eigenvalue weighted by Gasteiger charge is -2.22. The standard InChI is InChI=1S/C11H21NO4/c1-7-11(5,6)8(13)16-12-9(14)15-10(2,3)4/h7H2,1-6H3,(H,12,14). The van der Waals surface area contributed by atoms with Crippen molar-refractivity contribution in [2.45, 2.75) is 53.6 Å². The quantitative estimate of drug-likeness (QED) is 0.741. The van der Waals surface area contributed by atoms with Crippen LogP contribution in [0.3, 0.4) is 0 Å². The minimum Gasteiger partial charge on any atom is -0.442 e. The summed E-state index contributed by atoms with van der Waals surface area (Å²) in [6.07, 6.45) is -0.144. The summed E-state index contributed by atoms with van der Waals surface area (Å²) in [6.45, 7) is 10.5. The van der Waals surface area contributed by atoms with Crippen LogP contribution in [-0.4, -0.2) is 17.7 Å². The molecule has 1 N–H and O–H groups in total. The normalized spacial score (nSPS) is 11.9. The molecule has 0 fully saturated rings. The lowest BCUT2D eigenvalue weighted by atomic mass is 9.91. The zero-order valence-corrected chi connectivity index (χ0v) is 10.8. The minimum atomic E-state index is -0.771. The summed E-state index contributed by atoms with van der Waals surface area (Å²) < 4.78 is 4.91. The second-order valence-electron chi connectivity index (χ2n) is 5.23. The van der Waals surface area contributed by atoms with Crippen molar-refractivity contribution in [1.82, 2.24) is 5.48 Å². The van der Waals surface area contributed by atoms with Gasteiger partial charge in [-0.1, -0.05) is 6.92 Å². The molecule has 94 valence electrons. The number of hydrogen-bond acceptors (Lipinski definition) is 4. The molecule has 0 bridgehead atoms. The molecule has 0 radical (unpaired) electrons. The average molecular weight is 231 g/mol. The van der Waals surface area contributed by atoms with Crippen LogP contribution in [0, 0.1) is 5.41 Å².